The van der Waals surface area contributed by atoms with E-state index in [4.69, 9.17) is 0 Å². The van der Waals surface area contributed by atoms with Crippen molar-refractivity contribution in [2.45, 2.75) is 24.7 Å². The predicted molar refractivity (Wildman–Crippen MR) is 105 cm³/mol. The average molecular weight is 410 g/mol. The van der Waals surface area contributed by atoms with Crippen LogP contribution in [-0.2, 0) is 10.0 Å². The second-order valence-electron chi connectivity index (χ2n) is 6.77. The highest BCUT2D eigenvalue weighted by Gasteiger charge is 2.19. The van der Waals surface area contributed by atoms with Gasteiger partial charge in [0.1, 0.15) is 10.7 Å². The first kappa shape index (κ1) is 20.5. The van der Waals surface area contributed by atoms with Gasteiger partial charge in [-0.25, -0.2) is 22.2 Å². The normalized spacial score (nSPS) is 16.0. The quantitative estimate of drug-likeness (QED) is 0.793. The zero-order valence-electron chi connectivity index (χ0n) is 15.7. The van der Waals surface area contributed by atoms with Crippen LogP contribution in [0.4, 0.5) is 20.3 Å². The number of sulfonamides is 1. The van der Waals surface area contributed by atoms with Gasteiger partial charge in [0.15, 0.2) is 11.6 Å². The lowest BCUT2D eigenvalue weighted by molar-refractivity contribution is 0.294. The number of pyridine rings is 1. The van der Waals surface area contributed by atoms with Crippen molar-refractivity contribution in [1.82, 2.24) is 9.88 Å². The van der Waals surface area contributed by atoms with Crippen LogP contribution in [0.25, 0.3) is 0 Å². The molecule has 0 amide bonds. The lowest BCUT2D eigenvalue weighted by Crippen LogP contribution is -2.31. The standard InChI is InChI=1S/C19H24F2N4O2S/c1-2-8-24-9-3-10-25(12-11-24)19-7-5-16(14-22-19)28(26,27)23-15-4-6-17(20)18(21)13-15/h4-7,13-14,23H,2-3,8-12H2,1H3. The van der Waals surface area contributed by atoms with Crippen LogP contribution in [0, 0.1) is 11.6 Å². The van der Waals surface area contributed by atoms with Crippen LogP contribution in [0.3, 0.4) is 0 Å². The van der Waals surface area contributed by atoms with E-state index in [0.717, 1.165) is 69.6 Å². The predicted octanol–water partition coefficient (Wildman–Crippen LogP) is 3.08. The molecular formula is C19H24F2N4O2S. The molecule has 1 aromatic carbocycles. The number of rotatable bonds is 6. The fraction of sp³-hybridized carbons (Fsp3) is 0.421. The molecule has 0 radical (unpaired) electrons. The second kappa shape index (κ2) is 8.83. The third-order valence-corrected chi connectivity index (χ3v) is 6.02. The molecular weight excluding hydrogens is 386 g/mol. The number of halogens is 2. The van der Waals surface area contributed by atoms with Crippen molar-refractivity contribution in [3.63, 3.8) is 0 Å². The highest BCUT2D eigenvalue weighted by Crippen LogP contribution is 2.20. The Balaban J connectivity index is 1.69. The van der Waals surface area contributed by atoms with E-state index in [1.807, 2.05) is 0 Å². The Kier molecular flexibility index (Phi) is 6.46. The first-order valence-electron chi connectivity index (χ1n) is 9.30. The largest absolute Gasteiger partial charge is 0.355 e. The van der Waals surface area contributed by atoms with Crippen molar-refractivity contribution in [3.05, 3.63) is 48.2 Å². The molecule has 9 heteroatoms. The molecule has 0 saturated carbocycles. The molecule has 152 valence electrons. The summed E-state index contributed by atoms with van der Waals surface area (Å²) in [5.41, 5.74) is -0.0495. The van der Waals surface area contributed by atoms with E-state index in [9.17, 15) is 17.2 Å². The van der Waals surface area contributed by atoms with Crippen molar-refractivity contribution in [2.24, 2.45) is 0 Å². The minimum absolute atomic E-state index is 0.0385. The Bertz CT molecular complexity index is 907. The Hall–Kier alpha value is -2.26. The van der Waals surface area contributed by atoms with E-state index in [2.05, 4.69) is 26.4 Å². The van der Waals surface area contributed by atoms with Gasteiger partial charge in [-0.2, -0.15) is 0 Å². The van der Waals surface area contributed by atoms with Gasteiger partial charge in [0.05, 0.1) is 5.69 Å². The third-order valence-electron chi connectivity index (χ3n) is 4.66. The number of anilines is 2. The highest BCUT2D eigenvalue weighted by atomic mass is 32.2. The molecule has 1 aromatic heterocycles. The minimum atomic E-state index is -3.94. The van der Waals surface area contributed by atoms with Crippen molar-refractivity contribution in [3.8, 4) is 0 Å². The Labute approximate surface area is 164 Å². The van der Waals surface area contributed by atoms with E-state index in [0.29, 0.717) is 0 Å². The number of hydrogen-bond donors (Lipinski definition) is 1. The summed E-state index contributed by atoms with van der Waals surface area (Å²) in [4.78, 5) is 8.84. The zero-order chi connectivity index (χ0) is 20.1. The lowest BCUT2D eigenvalue weighted by atomic mass is 10.3. The second-order valence-corrected chi connectivity index (χ2v) is 8.45. The lowest BCUT2D eigenvalue weighted by Gasteiger charge is -2.22. The van der Waals surface area contributed by atoms with Crippen LogP contribution in [-0.4, -0.2) is 51.0 Å². The minimum Gasteiger partial charge on any atom is -0.355 e. The Morgan fingerprint density at radius 1 is 1.07 bits per heavy atom. The van der Waals surface area contributed by atoms with Gasteiger partial charge in [0.2, 0.25) is 0 Å². The van der Waals surface area contributed by atoms with Crippen LogP contribution in [0.1, 0.15) is 19.8 Å². The molecule has 0 aliphatic carbocycles. The summed E-state index contributed by atoms with van der Waals surface area (Å²) in [6, 6.07) is 5.98. The van der Waals surface area contributed by atoms with Crippen LogP contribution < -0.4 is 9.62 Å². The maximum Gasteiger partial charge on any atom is 0.263 e. The molecule has 0 spiro atoms. The number of hydrogen-bond acceptors (Lipinski definition) is 5. The number of benzene rings is 1. The summed E-state index contributed by atoms with van der Waals surface area (Å²) in [6.45, 7) is 6.95. The van der Waals surface area contributed by atoms with Crippen LogP contribution in [0.2, 0.25) is 0 Å². The van der Waals surface area contributed by atoms with Gasteiger partial charge in [-0.05, 0) is 50.2 Å². The SMILES string of the molecule is CCCN1CCCN(c2ccc(S(=O)(=O)Nc3ccc(F)c(F)c3)cn2)CC1. The molecule has 0 atom stereocenters. The molecule has 1 N–H and O–H groups in total. The summed E-state index contributed by atoms with van der Waals surface area (Å²) in [5, 5.41) is 0. The van der Waals surface area contributed by atoms with E-state index in [-0.39, 0.29) is 10.6 Å². The fourth-order valence-corrected chi connectivity index (χ4v) is 4.23. The van der Waals surface area contributed by atoms with Crippen LogP contribution in [0.15, 0.2) is 41.4 Å². The Morgan fingerprint density at radius 3 is 2.57 bits per heavy atom. The van der Waals surface area contributed by atoms with Gasteiger partial charge >= 0.3 is 0 Å². The fourth-order valence-electron chi connectivity index (χ4n) is 3.23. The molecule has 6 nitrogen and oxygen atoms in total. The smallest absolute Gasteiger partial charge is 0.263 e. The molecule has 2 heterocycles. The van der Waals surface area contributed by atoms with Gasteiger partial charge in [0.25, 0.3) is 10.0 Å². The van der Waals surface area contributed by atoms with E-state index < -0.39 is 21.7 Å². The summed E-state index contributed by atoms with van der Waals surface area (Å²) in [5.74, 6) is -1.43. The zero-order valence-corrected chi connectivity index (χ0v) is 16.6. The summed E-state index contributed by atoms with van der Waals surface area (Å²) in [6.07, 6.45) is 3.43. The maximum absolute atomic E-state index is 13.3. The average Bonchev–Trinajstić information content (AvgIpc) is 2.91. The van der Waals surface area contributed by atoms with Gasteiger partial charge in [-0.1, -0.05) is 6.92 Å². The monoisotopic (exact) mass is 410 g/mol. The topological polar surface area (TPSA) is 65.5 Å². The van der Waals surface area contributed by atoms with Gasteiger partial charge in [0, 0.05) is 31.9 Å². The van der Waals surface area contributed by atoms with Crippen LogP contribution >= 0.6 is 0 Å². The first-order chi connectivity index (χ1) is 13.4. The third kappa shape index (κ3) is 4.96. The summed E-state index contributed by atoms with van der Waals surface area (Å²) < 4.78 is 53.5. The molecule has 3 rings (SSSR count). The van der Waals surface area contributed by atoms with Gasteiger partial charge < -0.3 is 9.80 Å². The summed E-state index contributed by atoms with van der Waals surface area (Å²) in [7, 11) is -3.94. The number of aromatic nitrogens is 1. The van der Waals surface area contributed by atoms with E-state index in [1.54, 1.807) is 6.07 Å². The van der Waals surface area contributed by atoms with Gasteiger partial charge in [-0.3, -0.25) is 4.72 Å². The molecule has 1 fully saturated rings. The van der Waals surface area contributed by atoms with Gasteiger partial charge in [-0.15, -0.1) is 0 Å². The van der Waals surface area contributed by atoms with E-state index in [1.165, 1.54) is 12.3 Å². The van der Waals surface area contributed by atoms with Crippen molar-refractivity contribution in [2.75, 3.05) is 42.3 Å². The molecule has 1 saturated heterocycles. The van der Waals surface area contributed by atoms with E-state index >= 15 is 0 Å². The van der Waals surface area contributed by atoms with Crippen molar-refractivity contribution in [1.29, 1.82) is 0 Å². The van der Waals surface area contributed by atoms with Crippen LogP contribution in [0.5, 0.6) is 0 Å². The molecule has 1 aliphatic heterocycles. The maximum atomic E-state index is 13.3. The van der Waals surface area contributed by atoms with Crippen molar-refractivity contribution < 1.29 is 17.2 Å². The molecule has 1 aliphatic rings. The molecule has 28 heavy (non-hydrogen) atoms. The molecule has 2 aromatic rings. The number of nitrogens with one attached hydrogen (secondary N) is 1. The number of nitrogens with zero attached hydrogens (tertiary/aromatic N) is 3. The van der Waals surface area contributed by atoms with Crippen molar-refractivity contribution >= 4 is 21.5 Å². The Morgan fingerprint density at radius 2 is 1.89 bits per heavy atom. The first-order valence-corrected chi connectivity index (χ1v) is 10.8. The summed E-state index contributed by atoms with van der Waals surface area (Å²) >= 11 is 0. The molecule has 0 bridgehead atoms. The highest BCUT2D eigenvalue weighted by molar-refractivity contribution is 7.92. The molecule has 0 unspecified atom stereocenters.